The number of aryl methyl sites for hydroxylation is 1. The maximum absolute atomic E-state index is 12.0. The standard InChI is InChI=1S/C10H14N4O2S/c1-8(9-5-11-12-6-9)13-17(15,16)10-3-4-14(2)7-10/h3-8,13H,1-2H3,(H,11,12). The number of nitrogens with zero attached hydrogens (tertiary/aromatic N) is 2. The van der Waals surface area contributed by atoms with E-state index in [9.17, 15) is 8.42 Å². The average Bonchev–Trinajstić information content (AvgIpc) is 2.86. The Kier molecular flexibility index (Phi) is 3.03. The van der Waals surface area contributed by atoms with Gasteiger partial charge < -0.3 is 4.57 Å². The summed E-state index contributed by atoms with van der Waals surface area (Å²) in [6, 6.07) is 1.24. The Hall–Kier alpha value is -1.60. The van der Waals surface area contributed by atoms with Crippen molar-refractivity contribution in [3.8, 4) is 0 Å². The predicted octanol–water partition coefficient (Wildman–Crippen LogP) is 0.788. The Labute approximate surface area is 99.7 Å². The van der Waals surface area contributed by atoms with Crippen LogP contribution >= 0.6 is 0 Å². The molecule has 2 rings (SSSR count). The number of aromatic amines is 1. The molecule has 6 nitrogen and oxygen atoms in total. The average molecular weight is 254 g/mol. The molecule has 0 aromatic carbocycles. The van der Waals surface area contributed by atoms with Crippen molar-refractivity contribution in [2.24, 2.45) is 7.05 Å². The lowest BCUT2D eigenvalue weighted by atomic mass is 10.2. The molecule has 0 amide bonds. The highest BCUT2D eigenvalue weighted by atomic mass is 32.2. The summed E-state index contributed by atoms with van der Waals surface area (Å²) in [6.45, 7) is 1.77. The highest BCUT2D eigenvalue weighted by Crippen LogP contribution is 2.15. The van der Waals surface area contributed by atoms with E-state index in [1.54, 1.807) is 49.4 Å². The molecule has 92 valence electrons. The van der Waals surface area contributed by atoms with Gasteiger partial charge in [-0.2, -0.15) is 5.10 Å². The van der Waals surface area contributed by atoms with Crippen LogP contribution < -0.4 is 4.72 Å². The quantitative estimate of drug-likeness (QED) is 0.846. The molecule has 1 unspecified atom stereocenters. The highest BCUT2D eigenvalue weighted by Gasteiger charge is 2.19. The van der Waals surface area contributed by atoms with E-state index >= 15 is 0 Å². The van der Waals surface area contributed by atoms with Crippen molar-refractivity contribution in [1.29, 1.82) is 0 Å². The van der Waals surface area contributed by atoms with E-state index in [0.717, 1.165) is 5.56 Å². The second-order valence-corrected chi connectivity index (χ2v) is 5.60. The van der Waals surface area contributed by atoms with E-state index in [0.29, 0.717) is 0 Å². The summed E-state index contributed by atoms with van der Waals surface area (Å²) in [6.07, 6.45) is 6.51. The second kappa shape index (κ2) is 4.34. The molecule has 17 heavy (non-hydrogen) atoms. The summed E-state index contributed by atoms with van der Waals surface area (Å²) in [5.74, 6) is 0. The number of H-pyrrole nitrogens is 1. The highest BCUT2D eigenvalue weighted by molar-refractivity contribution is 7.89. The lowest BCUT2D eigenvalue weighted by Crippen LogP contribution is -2.26. The number of rotatable bonds is 4. The van der Waals surface area contributed by atoms with Gasteiger partial charge in [0.2, 0.25) is 10.0 Å². The van der Waals surface area contributed by atoms with Gasteiger partial charge in [0.15, 0.2) is 0 Å². The molecule has 0 saturated heterocycles. The van der Waals surface area contributed by atoms with Gasteiger partial charge in [-0.3, -0.25) is 5.10 Å². The molecule has 2 heterocycles. The van der Waals surface area contributed by atoms with Crippen molar-refractivity contribution >= 4 is 10.0 Å². The number of sulfonamides is 1. The normalized spacial score (nSPS) is 13.8. The van der Waals surface area contributed by atoms with Crippen molar-refractivity contribution in [3.63, 3.8) is 0 Å². The van der Waals surface area contributed by atoms with Crippen LogP contribution in [-0.2, 0) is 17.1 Å². The maximum Gasteiger partial charge on any atom is 0.242 e. The number of aromatic nitrogens is 3. The minimum Gasteiger partial charge on any atom is -0.356 e. The Morgan fingerprint density at radius 3 is 2.82 bits per heavy atom. The fraction of sp³-hybridized carbons (Fsp3) is 0.300. The lowest BCUT2D eigenvalue weighted by Gasteiger charge is -2.11. The molecule has 2 aromatic heterocycles. The maximum atomic E-state index is 12.0. The number of nitrogens with one attached hydrogen (secondary N) is 2. The van der Waals surface area contributed by atoms with Gasteiger partial charge in [-0.15, -0.1) is 0 Å². The summed E-state index contributed by atoms with van der Waals surface area (Å²) in [5, 5.41) is 6.44. The molecule has 0 saturated carbocycles. The van der Waals surface area contributed by atoms with Gasteiger partial charge in [-0.1, -0.05) is 0 Å². The van der Waals surface area contributed by atoms with Crippen molar-refractivity contribution in [3.05, 3.63) is 36.4 Å². The SMILES string of the molecule is CC(NS(=O)(=O)c1ccn(C)c1)c1cn[nH]c1. The van der Waals surface area contributed by atoms with Gasteiger partial charge in [0.25, 0.3) is 0 Å². The van der Waals surface area contributed by atoms with E-state index < -0.39 is 10.0 Å². The Bertz CT molecular complexity index is 586. The molecular formula is C10H14N4O2S. The smallest absolute Gasteiger partial charge is 0.242 e. The monoisotopic (exact) mass is 254 g/mol. The molecule has 0 fully saturated rings. The topological polar surface area (TPSA) is 79.8 Å². The molecule has 0 aliphatic heterocycles. The summed E-state index contributed by atoms with van der Waals surface area (Å²) < 4.78 is 28.3. The minimum absolute atomic E-state index is 0.260. The third kappa shape index (κ3) is 2.56. The van der Waals surface area contributed by atoms with Gasteiger partial charge in [0.1, 0.15) is 0 Å². The fourth-order valence-electron chi connectivity index (χ4n) is 1.50. The van der Waals surface area contributed by atoms with Crippen LogP contribution in [0.15, 0.2) is 35.7 Å². The fourth-order valence-corrected chi connectivity index (χ4v) is 2.79. The van der Waals surface area contributed by atoms with Crippen LogP contribution in [0.2, 0.25) is 0 Å². The minimum atomic E-state index is -3.48. The van der Waals surface area contributed by atoms with Gasteiger partial charge in [0, 0.05) is 37.2 Å². The summed E-state index contributed by atoms with van der Waals surface area (Å²) >= 11 is 0. The van der Waals surface area contributed by atoms with E-state index in [1.165, 1.54) is 0 Å². The van der Waals surface area contributed by atoms with Gasteiger partial charge in [0.05, 0.1) is 11.1 Å². The molecule has 1 atom stereocenters. The van der Waals surface area contributed by atoms with E-state index in [2.05, 4.69) is 14.9 Å². The molecule has 7 heteroatoms. The Morgan fingerprint density at radius 1 is 1.53 bits per heavy atom. The summed E-state index contributed by atoms with van der Waals surface area (Å²) in [7, 11) is -1.70. The summed E-state index contributed by atoms with van der Waals surface area (Å²) in [4.78, 5) is 0.260. The van der Waals surface area contributed by atoms with Crippen LogP contribution in [-0.4, -0.2) is 23.2 Å². The van der Waals surface area contributed by atoms with E-state index in [1.807, 2.05) is 0 Å². The van der Waals surface area contributed by atoms with Crippen LogP contribution in [0.25, 0.3) is 0 Å². The van der Waals surface area contributed by atoms with E-state index in [-0.39, 0.29) is 10.9 Å². The lowest BCUT2D eigenvalue weighted by molar-refractivity contribution is 0.567. The van der Waals surface area contributed by atoms with Crippen LogP contribution in [0.4, 0.5) is 0 Å². The first-order valence-corrected chi connectivity index (χ1v) is 6.60. The molecule has 0 bridgehead atoms. The first-order valence-electron chi connectivity index (χ1n) is 5.12. The molecule has 0 aliphatic rings. The van der Waals surface area contributed by atoms with Gasteiger partial charge in [-0.05, 0) is 13.0 Å². The van der Waals surface area contributed by atoms with Crippen LogP contribution in [0.5, 0.6) is 0 Å². The molecule has 0 spiro atoms. The Morgan fingerprint density at radius 2 is 2.29 bits per heavy atom. The molecule has 2 aromatic rings. The number of hydrogen-bond donors (Lipinski definition) is 2. The molecule has 0 radical (unpaired) electrons. The van der Waals surface area contributed by atoms with Crippen molar-refractivity contribution in [2.75, 3.05) is 0 Å². The van der Waals surface area contributed by atoms with Crippen molar-refractivity contribution in [2.45, 2.75) is 17.9 Å². The number of hydrogen-bond acceptors (Lipinski definition) is 3. The third-order valence-electron chi connectivity index (χ3n) is 2.47. The van der Waals surface area contributed by atoms with Gasteiger partial charge in [-0.25, -0.2) is 13.1 Å². The molecule has 0 aliphatic carbocycles. The first-order chi connectivity index (χ1) is 7.99. The molecular weight excluding hydrogens is 240 g/mol. The van der Waals surface area contributed by atoms with Gasteiger partial charge >= 0.3 is 0 Å². The second-order valence-electron chi connectivity index (χ2n) is 3.89. The zero-order chi connectivity index (χ0) is 12.5. The summed E-state index contributed by atoms with van der Waals surface area (Å²) in [5.41, 5.74) is 0.796. The third-order valence-corrected chi connectivity index (χ3v) is 3.99. The van der Waals surface area contributed by atoms with E-state index in [4.69, 9.17) is 0 Å². The zero-order valence-electron chi connectivity index (χ0n) is 9.58. The first kappa shape index (κ1) is 11.9. The van der Waals surface area contributed by atoms with Crippen LogP contribution in [0, 0.1) is 0 Å². The van der Waals surface area contributed by atoms with Crippen molar-refractivity contribution < 1.29 is 8.42 Å². The van der Waals surface area contributed by atoms with Crippen LogP contribution in [0.1, 0.15) is 18.5 Å². The zero-order valence-corrected chi connectivity index (χ0v) is 10.4. The largest absolute Gasteiger partial charge is 0.356 e. The molecule has 2 N–H and O–H groups in total. The van der Waals surface area contributed by atoms with Crippen molar-refractivity contribution in [1.82, 2.24) is 19.5 Å². The van der Waals surface area contributed by atoms with Crippen LogP contribution in [0.3, 0.4) is 0 Å². The Balaban J connectivity index is 2.18. The predicted molar refractivity (Wildman–Crippen MR) is 62.7 cm³/mol.